The summed E-state index contributed by atoms with van der Waals surface area (Å²) in [4.78, 5) is 25.8. The van der Waals surface area contributed by atoms with Crippen LogP contribution in [-0.4, -0.2) is 54.7 Å². The SMILES string of the molecule is CCOP(=O)(OCC)C1CC[C@@H](C(=O)OC)N1C(=O)OC(C)(C)C. The molecule has 1 aliphatic heterocycles. The summed E-state index contributed by atoms with van der Waals surface area (Å²) in [5.41, 5.74) is -0.758. The van der Waals surface area contributed by atoms with Gasteiger partial charge in [0.2, 0.25) is 0 Å². The first-order chi connectivity index (χ1) is 11.1. The maximum Gasteiger partial charge on any atom is 0.411 e. The molecule has 8 nitrogen and oxygen atoms in total. The van der Waals surface area contributed by atoms with Gasteiger partial charge in [0.25, 0.3) is 0 Å². The molecule has 1 saturated heterocycles. The van der Waals surface area contributed by atoms with Crippen LogP contribution in [0.15, 0.2) is 0 Å². The molecular weight excluding hydrogens is 337 g/mol. The van der Waals surface area contributed by atoms with Crippen LogP contribution in [0.1, 0.15) is 47.5 Å². The molecule has 0 N–H and O–H groups in total. The smallest absolute Gasteiger partial charge is 0.411 e. The minimum atomic E-state index is -3.61. The Labute approximate surface area is 143 Å². The molecule has 2 atom stereocenters. The van der Waals surface area contributed by atoms with Gasteiger partial charge in [0.15, 0.2) is 0 Å². The van der Waals surface area contributed by atoms with Gasteiger partial charge < -0.3 is 18.5 Å². The average molecular weight is 365 g/mol. The van der Waals surface area contributed by atoms with Gasteiger partial charge in [-0.3, -0.25) is 9.46 Å². The average Bonchev–Trinajstić information content (AvgIpc) is 2.90. The van der Waals surface area contributed by atoms with Crippen LogP contribution in [0.4, 0.5) is 4.79 Å². The van der Waals surface area contributed by atoms with Crippen molar-refractivity contribution in [2.24, 2.45) is 0 Å². The van der Waals surface area contributed by atoms with E-state index in [9.17, 15) is 14.2 Å². The lowest BCUT2D eigenvalue weighted by atomic mass is 10.2. The van der Waals surface area contributed by atoms with E-state index in [4.69, 9.17) is 18.5 Å². The summed E-state index contributed by atoms with van der Waals surface area (Å²) in [6.45, 7) is 8.86. The fraction of sp³-hybridized carbons (Fsp3) is 0.867. The van der Waals surface area contributed by atoms with Gasteiger partial charge in [-0.25, -0.2) is 9.59 Å². The number of esters is 1. The first-order valence-corrected chi connectivity index (χ1v) is 9.68. The fourth-order valence-electron chi connectivity index (χ4n) is 2.60. The Morgan fingerprint density at radius 1 is 1.12 bits per heavy atom. The highest BCUT2D eigenvalue weighted by molar-refractivity contribution is 7.54. The Kier molecular flexibility index (Phi) is 7.25. The number of methoxy groups -OCH3 is 1. The second-order valence-corrected chi connectivity index (χ2v) is 8.55. The molecule has 1 aliphatic rings. The summed E-state index contributed by atoms with van der Waals surface area (Å²) >= 11 is 0. The number of amides is 1. The molecule has 0 spiro atoms. The molecule has 0 aromatic carbocycles. The van der Waals surface area contributed by atoms with E-state index >= 15 is 0 Å². The van der Waals surface area contributed by atoms with Crippen molar-refractivity contribution in [3.8, 4) is 0 Å². The molecule has 0 radical (unpaired) electrons. The van der Waals surface area contributed by atoms with Gasteiger partial charge in [0, 0.05) is 0 Å². The van der Waals surface area contributed by atoms with E-state index < -0.39 is 37.1 Å². The van der Waals surface area contributed by atoms with E-state index in [0.717, 1.165) is 4.90 Å². The highest BCUT2D eigenvalue weighted by Crippen LogP contribution is 2.58. The molecule has 0 aromatic rings. The van der Waals surface area contributed by atoms with Crippen LogP contribution in [0, 0.1) is 0 Å². The lowest BCUT2D eigenvalue weighted by Crippen LogP contribution is -2.47. The monoisotopic (exact) mass is 365 g/mol. The zero-order valence-corrected chi connectivity index (χ0v) is 16.1. The van der Waals surface area contributed by atoms with Crippen LogP contribution in [0.5, 0.6) is 0 Å². The topological polar surface area (TPSA) is 91.4 Å². The third-order valence-electron chi connectivity index (χ3n) is 3.42. The normalized spacial score (nSPS) is 21.7. The van der Waals surface area contributed by atoms with E-state index in [2.05, 4.69) is 0 Å². The summed E-state index contributed by atoms with van der Waals surface area (Å²) in [5, 5.41) is 0. The summed E-state index contributed by atoms with van der Waals surface area (Å²) in [7, 11) is -2.37. The van der Waals surface area contributed by atoms with Crippen molar-refractivity contribution < 1.29 is 32.7 Å². The summed E-state index contributed by atoms with van der Waals surface area (Å²) < 4.78 is 34.0. The van der Waals surface area contributed by atoms with E-state index in [-0.39, 0.29) is 13.2 Å². The summed E-state index contributed by atoms with van der Waals surface area (Å²) in [6.07, 6.45) is -0.128. The second-order valence-electron chi connectivity index (χ2n) is 6.36. The van der Waals surface area contributed by atoms with Gasteiger partial charge in [-0.2, -0.15) is 0 Å². The largest absolute Gasteiger partial charge is 0.467 e. The van der Waals surface area contributed by atoms with E-state index in [1.54, 1.807) is 34.6 Å². The number of carbonyl (C=O) groups is 2. The molecule has 1 rings (SSSR count). The Bertz CT molecular complexity index is 493. The van der Waals surface area contributed by atoms with Crippen LogP contribution in [0.2, 0.25) is 0 Å². The number of likely N-dealkylation sites (tertiary alicyclic amines) is 1. The van der Waals surface area contributed by atoms with Crippen LogP contribution in [0.3, 0.4) is 0 Å². The molecule has 1 amide bonds. The minimum absolute atomic E-state index is 0.166. The maximum atomic E-state index is 13.1. The minimum Gasteiger partial charge on any atom is -0.467 e. The molecule has 9 heteroatoms. The maximum absolute atomic E-state index is 13.1. The van der Waals surface area contributed by atoms with Crippen molar-refractivity contribution in [1.82, 2.24) is 4.90 Å². The first-order valence-electron chi connectivity index (χ1n) is 8.07. The van der Waals surface area contributed by atoms with Gasteiger partial charge in [-0.1, -0.05) is 0 Å². The number of carbonyl (C=O) groups excluding carboxylic acids is 2. The molecule has 1 fully saturated rings. The Hall–Kier alpha value is -1.11. The van der Waals surface area contributed by atoms with Crippen LogP contribution in [0.25, 0.3) is 0 Å². The number of hydrogen-bond donors (Lipinski definition) is 0. The van der Waals surface area contributed by atoms with Gasteiger partial charge in [-0.15, -0.1) is 0 Å². The quantitative estimate of drug-likeness (QED) is 0.527. The third-order valence-corrected chi connectivity index (χ3v) is 5.89. The third kappa shape index (κ3) is 4.94. The predicted molar refractivity (Wildman–Crippen MR) is 87.8 cm³/mol. The summed E-state index contributed by atoms with van der Waals surface area (Å²) in [5.74, 6) is -1.46. The van der Waals surface area contributed by atoms with Gasteiger partial charge in [0.1, 0.15) is 17.4 Å². The van der Waals surface area contributed by atoms with Crippen LogP contribution < -0.4 is 0 Å². The molecule has 0 saturated carbocycles. The molecule has 0 aliphatic carbocycles. The molecule has 0 bridgehead atoms. The lowest BCUT2D eigenvalue weighted by molar-refractivity contribution is -0.145. The lowest BCUT2D eigenvalue weighted by Gasteiger charge is -2.34. The van der Waals surface area contributed by atoms with E-state index in [1.807, 2.05) is 0 Å². The van der Waals surface area contributed by atoms with Gasteiger partial charge in [-0.05, 0) is 47.5 Å². The predicted octanol–water partition coefficient (Wildman–Crippen LogP) is 3.15. The van der Waals surface area contributed by atoms with Gasteiger partial charge in [0.05, 0.1) is 20.3 Å². The standard InChI is InChI=1S/C15H28NO7P/c1-7-21-24(19,22-8-2)12-10-9-11(13(17)20-6)16(12)14(18)23-15(3,4)5/h11-12H,7-10H2,1-6H3/t11-,12?/m0/s1. The zero-order chi connectivity index (χ0) is 18.5. The van der Waals surface area contributed by atoms with Crippen molar-refractivity contribution in [2.45, 2.75) is 64.9 Å². The van der Waals surface area contributed by atoms with Crippen molar-refractivity contribution in [1.29, 1.82) is 0 Å². The number of ether oxygens (including phenoxy) is 2. The van der Waals surface area contributed by atoms with E-state index in [0.29, 0.717) is 12.8 Å². The van der Waals surface area contributed by atoms with Crippen molar-refractivity contribution in [2.75, 3.05) is 20.3 Å². The molecule has 1 heterocycles. The van der Waals surface area contributed by atoms with E-state index in [1.165, 1.54) is 7.11 Å². The molecular formula is C15H28NO7P. The molecule has 1 unspecified atom stereocenters. The first kappa shape index (κ1) is 20.9. The van der Waals surface area contributed by atoms with Gasteiger partial charge >= 0.3 is 19.7 Å². The number of nitrogens with zero attached hydrogens (tertiary/aromatic N) is 1. The number of rotatable bonds is 6. The van der Waals surface area contributed by atoms with Crippen LogP contribution >= 0.6 is 7.60 Å². The highest BCUT2D eigenvalue weighted by Gasteiger charge is 2.52. The number of hydrogen-bond acceptors (Lipinski definition) is 7. The van der Waals surface area contributed by atoms with Crippen molar-refractivity contribution in [3.05, 3.63) is 0 Å². The van der Waals surface area contributed by atoms with Crippen molar-refractivity contribution in [3.63, 3.8) is 0 Å². The molecule has 0 aromatic heterocycles. The Morgan fingerprint density at radius 3 is 2.08 bits per heavy atom. The second kappa shape index (κ2) is 8.32. The van der Waals surface area contributed by atoms with Crippen molar-refractivity contribution >= 4 is 19.7 Å². The zero-order valence-electron chi connectivity index (χ0n) is 15.2. The molecule has 24 heavy (non-hydrogen) atoms. The molecule has 140 valence electrons. The summed E-state index contributed by atoms with van der Waals surface area (Å²) in [6, 6.07) is -0.871. The fourth-order valence-corrected chi connectivity index (χ4v) is 4.77. The Balaban J connectivity index is 3.19. The highest BCUT2D eigenvalue weighted by atomic mass is 31.2. The van der Waals surface area contributed by atoms with Crippen LogP contribution in [-0.2, 0) is 27.9 Å². The Morgan fingerprint density at radius 2 is 1.67 bits per heavy atom.